The van der Waals surface area contributed by atoms with Gasteiger partial charge in [0.1, 0.15) is 0 Å². The van der Waals surface area contributed by atoms with Gasteiger partial charge in [0.05, 0.1) is 38.8 Å². The molecule has 214 valence electrons. The number of rotatable bonds is 3. The third kappa shape index (κ3) is 4.81. The lowest BCUT2D eigenvalue weighted by molar-refractivity contribution is 0.589. The molecule has 0 spiro atoms. The molecule has 2 aliphatic heterocycles. The topological polar surface area (TPSA) is 57.8 Å². The van der Waals surface area contributed by atoms with Gasteiger partial charge in [-0.25, -0.2) is 14.7 Å². The van der Waals surface area contributed by atoms with Crippen LogP contribution in [0.25, 0.3) is 5.69 Å². The molecule has 6 nitrogen and oxygen atoms in total. The molecule has 0 radical (unpaired) electrons. The second kappa shape index (κ2) is 10.4. The molecule has 2 aliphatic rings. The molecule has 1 aromatic heterocycles. The van der Waals surface area contributed by atoms with Crippen LogP contribution in [0.2, 0.25) is 10.0 Å². The summed E-state index contributed by atoms with van der Waals surface area (Å²) in [5.41, 5.74) is 7.97. The van der Waals surface area contributed by atoms with Crippen molar-refractivity contribution in [2.75, 3.05) is 10.2 Å². The number of aromatic nitrogens is 2. The van der Waals surface area contributed by atoms with Crippen LogP contribution in [0.4, 0.5) is 22.9 Å². The number of para-hydroxylation sites is 3. The van der Waals surface area contributed by atoms with Crippen molar-refractivity contribution < 1.29 is 0 Å². The standard InChI is InChI=1S/C35H30Cl2N6/c1-21-30-31(22-14-16-23(17-15-22)35(2,3)4)42-29-13-9-8-12-28(29)39-32(38-24-18-19-26(36)27(37)20-24)34(42)40-33(30)43(41-21)25-10-6-5-7-11-25/h5-20,31H,1-4H3,(H,38,39)/t31-/m0/s1. The lowest BCUT2D eigenvalue weighted by atomic mass is 9.85. The van der Waals surface area contributed by atoms with Gasteiger partial charge in [0.2, 0.25) is 0 Å². The fourth-order valence-corrected chi connectivity index (χ4v) is 6.04. The number of nitrogens with one attached hydrogen (secondary N) is 1. The molecule has 0 saturated carbocycles. The molecule has 8 heteroatoms. The van der Waals surface area contributed by atoms with Crippen molar-refractivity contribution in [2.24, 2.45) is 9.98 Å². The summed E-state index contributed by atoms with van der Waals surface area (Å²) in [7, 11) is 0. The molecule has 4 aromatic carbocycles. The van der Waals surface area contributed by atoms with E-state index >= 15 is 0 Å². The average molecular weight is 606 g/mol. The smallest absolute Gasteiger partial charge is 0.179 e. The van der Waals surface area contributed by atoms with Crippen LogP contribution < -0.4 is 10.2 Å². The summed E-state index contributed by atoms with van der Waals surface area (Å²) in [4.78, 5) is 12.6. The van der Waals surface area contributed by atoms with Crippen LogP contribution in [0, 0.1) is 6.92 Å². The van der Waals surface area contributed by atoms with Gasteiger partial charge in [0.15, 0.2) is 17.5 Å². The van der Waals surface area contributed by atoms with Crippen molar-refractivity contribution in [2.45, 2.75) is 39.2 Å². The number of amidine groups is 2. The van der Waals surface area contributed by atoms with E-state index in [9.17, 15) is 0 Å². The molecular formula is C35H30Cl2N6. The minimum Gasteiger partial charge on any atom is -0.337 e. The van der Waals surface area contributed by atoms with Crippen LogP contribution >= 0.6 is 23.2 Å². The predicted molar refractivity (Wildman–Crippen MR) is 178 cm³/mol. The van der Waals surface area contributed by atoms with E-state index in [1.807, 2.05) is 59.3 Å². The molecule has 7 rings (SSSR count). The Bertz CT molecular complexity index is 1920. The molecule has 5 aromatic rings. The van der Waals surface area contributed by atoms with Crippen molar-refractivity contribution in [1.82, 2.24) is 9.78 Å². The second-order valence-electron chi connectivity index (χ2n) is 11.9. The van der Waals surface area contributed by atoms with Crippen LogP contribution in [0.3, 0.4) is 0 Å². The summed E-state index contributed by atoms with van der Waals surface area (Å²) < 4.78 is 1.93. The van der Waals surface area contributed by atoms with Crippen molar-refractivity contribution >= 4 is 57.8 Å². The zero-order valence-electron chi connectivity index (χ0n) is 24.3. The van der Waals surface area contributed by atoms with E-state index in [4.69, 9.17) is 38.3 Å². The number of hydrogen-bond donors (Lipinski definition) is 1. The zero-order chi connectivity index (χ0) is 29.9. The number of nitrogens with zero attached hydrogens (tertiary/aromatic N) is 5. The fourth-order valence-electron chi connectivity index (χ4n) is 5.74. The van der Waals surface area contributed by atoms with E-state index in [-0.39, 0.29) is 11.5 Å². The highest BCUT2D eigenvalue weighted by Gasteiger charge is 2.41. The monoisotopic (exact) mass is 604 g/mol. The lowest BCUT2D eigenvalue weighted by Gasteiger charge is -2.40. The van der Waals surface area contributed by atoms with Crippen LogP contribution in [0.15, 0.2) is 107 Å². The number of anilines is 2. The highest BCUT2D eigenvalue weighted by molar-refractivity contribution is 6.52. The van der Waals surface area contributed by atoms with Crippen molar-refractivity contribution in [3.8, 4) is 5.69 Å². The fraction of sp³-hybridized carbons (Fsp3) is 0.171. The molecule has 1 atom stereocenters. The van der Waals surface area contributed by atoms with Gasteiger partial charge in [0.25, 0.3) is 0 Å². The SMILES string of the molecule is Cc1nn(-c2ccccc2)c2c1[C@H](c1ccc(C(C)(C)C)cc1)N1C(=N2)C(Nc2ccc(Cl)c(Cl)c2)=Nc2ccccc21. The minimum absolute atomic E-state index is 0.0400. The Morgan fingerprint density at radius 1 is 0.791 bits per heavy atom. The van der Waals surface area contributed by atoms with E-state index in [1.54, 1.807) is 12.1 Å². The first-order valence-corrected chi connectivity index (χ1v) is 15.0. The zero-order valence-corrected chi connectivity index (χ0v) is 25.8. The van der Waals surface area contributed by atoms with Crippen LogP contribution in [-0.2, 0) is 5.41 Å². The molecule has 0 unspecified atom stereocenters. The largest absolute Gasteiger partial charge is 0.337 e. The molecular weight excluding hydrogens is 575 g/mol. The Hall–Kier alpha value is -4.39. The van der Waals surface area contributed by atoms with Gasteiger partial charge < -0.3 is 10.2 Å². The first kappa shape index (κ1) is 27.4. The Morgan fingerprint density at radius 3 is 2.23 bits per heavy atom. The highest BCUT2D eigenvalue weighted by Crippen LogP contribution is 2.48. The van der Waals surface area contributed by atoms with Crippen LogP contribution in [0.5, 0.6) is 0 Å². The Balaban J connectivity index is 1.47. The number of hydrogen-bond acceptors (Lipinski definition) is 5. The van der Waals surface area contributed by atoms with E-state index in [0.29, 0.717) is 21.7 Å². The van der Waals surface area contributed by atoms with Crippen molar-refractivity contribution in [3.63, 3.8) is 0 Å². The van der Waals surface area contributed by atoms with Gasteiger partial charge in [-0.1, -0.05) is 98.6 Å². The minimum atomic E-state index is -0.198. The Labute approximate surface area is 261 Å². The molecule has 1 N–H and O–H groups in total. The second-order valence-corrected chi connectivity index (χ2v) is 12.7. The summed E-state index contributed by atoms with van der Waals surface area (Å²) in [5.74, 6) is 2.08. The molecule has 0 fully saturated rings. The molecule has 0 saturated heterocycles. The van der Waals surface area contributed by atoms with Gasteiger partial charge in [-0.15, -0.1) is 0 Å². The molecule has 3 heterocycles. The lowest BCUT2D eigenvalue weighted by Crippen LogP contribution is -2.46. The molecule has 43 heavy (non-hydrogen) atoms. The van der Waals surface area contributed by atoms with E-state index in [1.165, 1.54) is 5.56 Å². The number of fused-ring (bicyclic) bond motifs is 4. The van der Waals surface area contributed by atoms with Gasteiger partial charge in [-0.3, -0.25) is 0 Å². The quantitative estimate of drug-likeness (QED) is 0.223. The summed E-state index contributed by atoms with van der Waals surface area (Å²) in [6.45, 7) is 8.77. The Kier molecular flexibility index (Phi) is 6.64. The first-order chi connectivity index (χ1) is 20.7. The van der Waals surface area contributed by atoms with Crippen molar-refractivity contribution in [1.29, 1.82) is 0 Å². The summed E-state index contributed by atoms with van der Waals surface area (Å²) in [5, 5.41) is 9.47. The number of aryl methyl sites for hydroxylation is 1. The van der Waals surface area contributed by atoms with E-state index < -0.39 is 0 Å². The number of benzene rings is 4. The normalized spacial score (nSPS) is 15.7. The molecule has 0 amide bonds. The van der Waals surface area contributed by atoms with Crippen LogP contribution in [-0.4, -0.2) is 21.5 Å². The third-order valence-corrected chi connectivity index (χ3v) is 8.65. The average Bonchev–Trinajstić information content (AvgIpc) is 3.34. The third-order valence-electron chi connectivity index (χ3n) is 7.91. The van der Waals surface area contributed by atoms with E-state index in [0.717, 1.165) is 45.4 Å². The van der Waals surface area contributed by atoms with E-state index in [2.05, 4.69) is 68.2 Å². The number of halogens is 2. The van der Waals surface area contributed by atoms with Gasteiger partial charge in [-0.05, 0) is 65.9 Å². The van der Waals surface area contributed by atoms with Crippen molar-refractivity contribution in [3.05, 3.63) is 129 Å². The molecule has 0 bridgehead atoms. The van der Waals surface area contributed by atoms with Gasteiger partial charge >= 0.3 is 0 Å². The first-order valence-electron chi connectivity index (χ1n) is 14.2. The summed E-state index contributed by atoms with van der Waals surface area (Å²) >= 11 is 12.6. The predicted octanol–water partition coefficient (Wildman–Crippen LogP) is 9.58. The summed E-state index contributed by atoms with van der Waals surface area (Å²) in [6, 6.07) is 32.5. The Morgan fingerprint density at radius 2 is 1.51 bits per heavy atom. The summed E-state index contributed by atoms with van der Waals surface area (Å²) in [6.07, 6.45) is 0. The maximum atomic E-state index is 6.39. The number of aliphatic imine (C=N–C) groups is 2. The van der Waals surface area contributed by atoms with Gasteiger partial charge in [0, 0.05) is 11.3 Å². The van der Waals surface area contributed by atoms with Gasteiger partial charge in [-0.2, -0.15) is 5.10 Å². The highest BCUT2D eigenvalue weighted by atomic mass is 35.5. The van der Waals surface area contributed by atoms with Crippen LogP contribution in [0.1, 0.15) is 49.2 Å². The molecule has 0 aliphatic carbocycles. The maximum Gasteiger partial charge on any atom is 0.179 e. The maximum absolute atomic E-state index is 6.39.